The van der Waals surface area contributed by atoms with Crippen LogP contribution in [0.15, 0.2) is 61.4 Å². The summed E-state index contributed by atoms with van der Waals surface area (Å²) in [4.78, 5) is 0. The zero-order valence-electron chi connectivity index (χ0n) is 6.35. The lowest BCUT2D eigenvalue weighted by Crippen LogP contribution is -1.51. The lowest BCUT2D eigenvalue weighted by atomic mass is 10.4. The number of hydrogen-bond acceptors (Lipinski definition) is 1. The van der Waals surface area contributed by atoms with Crippen molar-refractivity contribution in [1.29, 1.82) is 0 Å². The highest BCUT2D eigenvalue weighted by atomic mass is 16.2. The second-order valence-electron chi connectivity index (χ2n) is 1.73. The van der Waals surface area contributed by atoms with Gasteiger partial charge in [0.15, 0.2) is 0 Å². The largest absolute Gasteiger partial charge is 0.516 e. The van der Waals surface area contributed by atoms with E-state index in [2.05, 4.69) is 6.58 Å². The Morgan fingerprint density at radius 2 is 1.18 bits per heavy atom. The summed E-state index contributed by atoms with van der Waals surface area (Å²) >= 11 is 0. The molecule has 0 radical (unpaired) electrons. The van der Waals surface area contributed by atoms with E-state index in [1.165, 1.54) is 0 Å². The second-order valence-corrected chi connectivity index (χ2v) is 1.73. The average Bonchev–Trinajstić information content (AvgIpc) is 2.03. The maximum atomic E-state index is 8.22. The molecule has 0 spiro atoms. The molecule has 0 saturated heterocycles. The minimum Gasteiger partial charge on any atom is -0.516 e. The van der Waals surface area contributed by atoms with Gasteiger partial charge >= 0.3 is 0 Å². The predicted octanol–water partition coefficient (Wildman–Crippen LogP) is 2.91. The Balaban J connectivity index is 3.59. The third kappa shape index (κ3) is 8.50. The molecular weight excluding hydrogens is 136 g/mol. The molecule has 0 aliphatic rings. The summed E-state index contributed by atoms with van der Waals surface area (Å²) in [5.41, 5.74) is 0. The minimum atomic E-state index is 0.990. The fourth-order valence-corrected chi connectivity index (χ4v) is 0.449. The van der Waals surface area contributed by atoms with Gasteiger partial charge in [-0.25, -0.2) is 0 Å². The molecule has 0 amide bonds. The number of aliphatic hydroxyl groups excluding tert-OH is 1. The van der Waals surface area contributed by atoms with Crippen LogP contribution in [0.1, 0.15) is 0 Å². The van der Waals surface area contributed by atoms with Crippen LogP contribution in [0, 0.1) is 0 Å². The van der Waals surface area contributed by atoms with Crippen molar-refractivity contribution in [3.8, 4) is 0 Å². The van der Waals surface area contributed by atoms with Gasteiger partial charge in [-0.2, -0.15) is 0 Å². The van der Waals surface area contributed by atoms with Crippen molar-refractivity contribution in [2.45, 2.75) is 0 Å². The van der Waals surface area contributed by atoms with E-state index < -0.39 is 0 Å². The Morgan fingerprint density at radius 3 is 1.64 bits per heavy atom. The van der Waals surface area contributed by atoms with Crippen molar-refractivity contribution in [2.75, 3.05) is 0 Å². The van der Waals surface area contributed by atoms with Gasteiger partial charge in [0, 0.05) is 0 Å². The zero-order chi connectivity index (χ0) is 8.36. The van der Waals surface area contributed by atoms with E-state index in [4.69, 9.17) is 5.11 Å². The standard InChI is InChI=1S/C10H12O/c1-2-3-4-5-6-7-8-9-10-11/h2-11H,1H2. The first kappa shape index (κ1) is 9.50. The van der Waals surface area contributed by atoms with Gasteiger partial charge in [0.2, 0.25) is 0 Å². The number of aliphatic hydroxyl groups is 1. The first-order chi connectivity index (χ1) is 5.41. The molecule has 0 aromatic rings. The van der Waals surface area contributed by atoms with Crippen molar-refractivity contribution in [3.63, 3.8) is 0 Å². The van der Waals surface area contributed by atoms with Crippen LogP contribution in [-0.2, 0) is 0 Å². The van der Waals surface area contributed by atoms with Gasteiger partial charge in [-0.3, -0.25) is 0 Å². The number of hydrogen-bond donors (Lipinski definition) is 1. The van der Waals surface area contributed by atoms with Crippen molar-refractivity contribution in [3.05, 3.63) is 61.4 Å². The monoisotopic (exact) mass is 148 g/mol. The Morgan fingerprint density at radius 1 is 0.727 bits per heavy atom. The maximum absolute atomic E-state index is 8.22. The van der Waals surface area contributed by atoms with Crippen LogP contribution in [0.2, 0.25) is 0 Å². The van der Waals surface area contributed by atoms with Gasteiger partial charge < -0.3 is 5.11 Å². The summed E-state index contributed by atoms with van der Waals surface area (Å²) in [7, 11) is 0. The van der Waals surface area contributed by atoms with Crippen LogP contribution in [-0.4, -0.2) is 5.11 Å². The average molecular weight is 148 g/mol. The molecule has 0 atom stereocenters. The van der Waals surface area contributed by atoms with Crippen LogP contribution in [0.5, 0.6) is 0 Å². The normalized spacial score (nSPS) is 12.7. The molecular formula is C10H12O. The van der Waals surface area contributed by atoms with Crippen LogP contribution < -0.4 is 0 Å². The van der Waals surface area contributed by atoms with Crippen molar-refractivity contribution >= 4 is 0 Å². The summed E-state index contributed by atoms with van der Waals surface area (Å²) in [5, 5.41) is 8.22. The van der Waals surface area contributed by atoms with Crippen LogP contribution in [0.4, 0.5) is 0 Å². The lowest BCUT2D eigenvalue weighted by molar-refractivity contribution is 0.474. The molecule has 0 heterocycles. The molecule has 1 N–H and O–H groups in total. The number of allylic oxidation sites excluding steroid dienone is 8. The topological polar surface area (TPSA) is 20.2 Å². The maximum Gasteiger partial charge on any atom is 0.0791 e. The molecule has 0 unspecified atom stereocenters. The summed E-state index contributed by atoms with van der Waals surface area (Å²) in [5.74, 6) is 0. The fraction of sp³-hybridized carbons (Fsp3) is 0. The molecule has 0 aliphatic heterocycles. The van der Waals surface area contributed by atoms with Gasteiger partial charge in [0.25, 0.3) is 0 Å². The first-order valence-electron chi connectivity index (χ1n) is 3.33. The first-order valence-corrected chi connectivity index (χ1v) is 3.33. The summed E-state index contributed by atoms with van der Waals surface area (Å²) in [6.45, 7) is 3.52. The molecule has 0 aromatic heterocycles. The van der Waals surface area contributed by atoms with Crippen molar-refractivity contribution in [1.82, 2.24) is 0 Å². The molecule has 0 aromatic carbocycles. The quantitative estimate of drug-likeness (QED) is 0.480. The fourth-order valence-electron chi connectivity index (χ4n) is 0.449. The highest BCUT2D eigenvalue weighted by Gasteiger charge is 1.60. The van der Waals surface area contributed by atoms with E-state index in [0.717, 1.165) is 6.26 Å². The summed E-state index contributed by atoms with van der Waals surface area (Å²) in [6.07, 6.45) is 15.3. The highest BCUT2D eigenvalue weighted by molar-refractivity contribution is 5.16. The zero-order valence-corrected chi connectivity index (χ0v) is 6.35. The van der Waals surface area contributed by atoms with Crippen LogP contribution >= 0.6 is 0 Å². The minimum absolute atomic E-state index is 0.990. The summed E-state index contributed by atoms with van der Waals surface area (Å²) in [6, 6.07) is 0. The van der Waals surface area contributed by atoms with E-state index in [0.29, 0.717) is 0 Å². The molecule has 0 aliphatic carbocycles. The van der Waals surface area contributed by atoms with Gasteiger partial charge in [0.1, 0.15) is 0 Å². The van der Waals surface area contributed by atoms with Gasteiger partial charge in [-0.15, -0.1) is 0 Å². The third-order valence-corrected chi connectivity index (χ3v) is 0.889. The third-order valence-electron chi connectivity index (χ3n) is 0.889. The van der Waals surface area contributed by atoms with Gasteiger partial charge in [-0.05, 0) is 6.08 Å². The molecule has 1 heteroatoms. The SMILES string of the molecule is C=CC=CC=CC=CC=CO. The van der Waals surface area contributed by atoms with E-state index in [9.17, 15) is 0 Å². The van der Waals surface area contributed by atoms with Crippen molar-refractivity contribution < 1.29 is 5.11 Å². The number of rotatable bonds is 4. The van der Waals surface area contributed by atoms with E-state index >= 15 is 0 Å². The lowest BCUT2D eigenvalue weighted by Gasteiger charge is -1.71. The molecule has 58 valence electrons. The Bertz CT molecular complexity index is 195. The second kappa shape index (κ2) is 8.50. The highest BCUT2D eigenvalue weighted by Crippen LogP contribution is 1.81. The molecule has 0 bridgehead atoms. The predicted molar refractivity (Wildman–Crippen MR) is 49.4 cm³/mol. The van der Waals surface area contributed by atoms with E-state index in [1.807, 2.05) is 30.4 Å². The molecule has 0 saturated carbocycles. The van der Waals surface area contributed by atoms with Crippen molar-refractivity contribution in [2.24, 2.45) is 0 Å². The van der Waals surface area contributed by atoms with E-state index in [1.54, 1.807) is 18.2 Å². The molecule has 0 fully saturated rings. The van der Waals surface area contributed by atoms with Gasteiger partial charge in [-0.1, -0.05) is 49.1 Å². The van der Waals surface area contributed by atoms with Crippen LogP contribution in [0.3, 0.4) is 0 Å². The smallest absolute Gasteiger partial charge is 0.0791 e. The molecule has 11 heavy (non-hydrogen) atoms. The van der Waals surface area contributed by atoms with E-state index in [-0.39, 0.29) is 0 Å². The Labute approximate surface area is 67.4 Å². The summed E-state index contributed by atoms with van der Waals surface area (Å²) < 4.78 is 0. The molecule has 1 nitrogen and oxygen atoms in total. The molecule has 0 rings (SSSR count). The van der Waals surface area contributed by atoms with Crippen LogP contribution in [0.25, 0.3) is 0 Å². The Kier molecular flexibility index (Phi) is 7.34. The Hall–Kier alpha value is -1.50. The van der Waals surface area contributed by atoms with Gasteiger partial charge in [0.05, 0.1) is 6.26 Å².